The predicted molar refractivity (Wildman–Crippen MR) is 217 cm³/mol. The van der Waals surface area contributed by atoms with Gasteiger partial charge in [-0.1, -0.05) is 17.7 Å². The molecule has 0 aliphatic carbocycles. The molecule has 2 aromatic carbocycles. The molecule has 2 aliphatic rings. The number of thiol groups is 1. The van der Waals surface area contributed by atoms with Gasteiger partial charge in [0.15, 0.2) is 0 Å². The van der Waals surface area contributed by atoms with Crippen LogP contribution in [0.5, 0.6) is 5.75 Å². The molecule has 2 aliphatic heterocycles. The van der Waals surface area contributed by atoms with Crippen LogP contribution in [-0.2, 0) is 31.9 Å². The van der Waals surface area contributed by atoms with Gasteiger partial charge < -0.3 is 18.5 Å². The first-order valence-corrected chi connectivity index (χ1v) is 19.4. The average molecular weight is 1090 g/mol. The maximum atomic E-state index is 13.4. The summed E-state index contributed by atoms with van der Waals surface area (Å²) in [5, 5.41) is 0.329. The van der Waals surface area contributed by atoms with E-state index in [4.69, 9.17) is 25.9 Å². The zero-order valence-electron chi connectivity index (χ0n) is 28.7. The zero-order chi connectivity index (χ0) is 38.6. The zero-order valence-corrected chi connectivity index (χ0v) is 38.6. The summed E-state index contributed by atoms with van der Waals surface area (Å²) in [6.45, 7) is 1.60. The Morgan fingerprint density at radius 1 is 0.786 bits per heavy atom. The summed E-state index contributed by atoms with van der Waals surface area (Å²) in [5.74, 6) is -3.26. The number of hydrogen-bond donors (Lipinski definition) is 1. The van der Waals surface area contributed by atoms with Gasteiger partial charge in [-0.15, -0.1) is 0 Å². The van der Waals surface area contributed by atoms with Crippen LogP contribution >= 0.6 is 49.0 Å². The summed E-state index contributed by atoms with van der Waals surface area (Å²) < 4.78 is 32.3. The van der Waals surface area contributed by atoms with Crippen molar-refractivity contribution in [2.24, 2.45) is 0 Å². The predicted octanol–water partition coefficient (Wildman–Crippen LogP) is 6.18. The summed E-state index contributed by atoms with van der Waals surface area (Å²) in [7, 11) is 0. The molecule has 12 nitrogen and oxygen atoms in total. The summed E-state index contributed by atoms with van der Waals surface area (Å²) >= 11 is 15.0. The normalized spacial score (nSPS) is 12.9. The van der Waals surface area contributed by atoms with Gasteiger partial charge in [-0.3, -0.25) is 24.3 Å². The van der Waals surface area contributed by atoms with Gasteiger partial charge >= 0.3 is 189 Å². The van der Waals surface area contributed by atoms with E-state index in [9.17, 15) is 32.8 Å². The number of amides is 4. The molecular weight excluding hydrogens is 1070 g/mol. The van der Waals surface area contributed by atoms with Gasteiger partial charge in [0.25, 0.3) is 11.8 Å². The fraction of sp³-hybridized carbons (Fsp3) is 0.111. The molecule has 0 spiro atoms. The number of nitrogens with zero attached hydrogens (tertiary/aromatic N) is 5. The second-order valence-corrected chi connectivity index (χ2v) is 14.3. The van der Waals surface area contributed by atoms with Crippen molar-refractivity contribution in [2.45, 2.75) is 25.3 Å². The molecule has 20 heteroatoms. The Hall–Kier alpha value is -3.94. The first kappa shape index (κ1) is 43.2. The topological polar surface area (TPSA) is 156 Å². The Balaban J connectivity index is 0.000000207. The minimum Gasteiger partial charge on any atom is -0.813 e. The van der Waals surface area contributed by atoms with E-state index in [0.717, 1.165) is 27.0 Å². The van der Waals surface area contributed by atoms with E-state index in [1.54, 1.807) is 25.3 Å². The number of rotatable bonds is 6. The summed E-state index contributed by atoms with van der Waals surface area (Å²) in [5.41, 5.74) is 3.34. The van der Waals surface area contributed by atoms with Crippen LogP contribution in [0, 0.1) is 18.6 Å². The van der Waals surface area contributed by atoms with Crippen LogP contribution in [0.2, 0.25) is 10.0 Å². The molecule has 0 radical (unpaired) electrons. The van der Waals surface area contributed by atoms with E-state index in [1.807, 2.05) is 0 Å². The quantitative estimate of drug-likeness (QED) is 0.0511. The molecule has 4 aromatic heterocycles. The van der Waals surface area contributed by atoms with Gasteiger partial charge in [-0.25, -0.2) is 4.39 Å². The molecule has 1 unspecified atom stereocenters. The number of benzene rings is 2. The van der Waals surface area contributed by atoms with Gasteiger partial charge in [0.1, 0.15) is 22.6 Å². The smallest absolute Gasteiger partial charge is 0.153 e. The van der Waals surface area contributed by atoms with Crippen LogP contribution in [0.1, 0.15) is 63.9 Å². The molecular formula is C36H24BrCl2F2N6O6PSTl-. The molecule has 0 saturated carbocycles. The number of aryl methyl sites for hydroxylation is 1. The van der Waals surface area contributed by atoms with Gasteiger partial charge in [0.05, 0.1) is 17.1 Å². The molecule has 0 fully saturated rings. The maximum absolute atomic E-state index is 13.4. The SMILES string of the molecule is Cc1ccnc2c(=O)c3c([nH]c12)C(=O)N(Cc1ccc(F)c(Cl)c1)C3=O.O=C1c2nc3c(CBr)ccnc3c([O][Tl])c2C(=O)N1Cc1ccc(F)c(Cl)c1.P.[SH-]. The monoisotopic (exact) mass is 1090 g/mol. The Kier molecular flexibility index (Phi) is 13.3. The van der Waals surface area contributed by atoms with Crippen LogP contribution in [0.4, 0.5) is 8.78 Å². The van der Waals surface area contributed by atoms with Crippen LogP contribution < -0.4 is 8.12 Å². The first-order valence-electron chi connectivity index (χ1n) is 15.7. The van der Waals surface area contributed by atoms with Crippen LogP contribution in [-0.4, -0.2) is 79.6 Å². The molecule has 4 amide bonds. The number of hydrogen-bond acceptors (Lipinski definition) is 10. The third kappa shape index (κ3) is 7.58. The fourth-order valence-electron chi connectivity index (χ4n) is 6.07. The van der Waals surface area contributed by atoms with Crippen molar-refractivity contribution in [3.63, 3.8) is 0 Å². The number of halogens is 5. The standard InChI is InChI=1S/C18H10BrClFN3O3.C18H11ClFN3O3.H3P.H2S.Tl/c19-6-9-3-4-22-15-13(9)23-14-12(16(15)25)17(26)24(18(14)27)7-8-1-2-11(21)10(20)5-8;1-8-4-5-21-15-13(8)22-14-12(16(15)24)17(25)23(18(14)26)7-9-2-3-11(20)10(19)6-9;;;/h1-5H,6-7H2,(H,23,25);2-6H,7H2,1H3,(H,22,24);1H3;1H2;/q;;;;+1/p-2. The van der Waals surface area contributed by atoms with Crippen molar-refractivity contribution in [1.29, 1.82) is 0 Å². The molecule has 1 N–H and O–H groups in total. The Bertz CT molecular complexity index is 2710. The molecule has 1 atom stereocenters. The second kappa shape index (κ2) is 17.3. The summed E-state index contributed by atoms with van der Waals surface area (Å²) in [4.78, 5) is 81.6. The maximum Gasteiger partial charge on any atom is -0.153 e. The van der Waals surface area contributed by atoms with Crippen molar-refractivity contribution < 1.29 is 30.6 Å². The number of H-pyrrole nitrogens is 1. The number of carbonyl (C=O) groups is 4. The third-order valence-corrected chi connectivity index (χ3v) is 10.8. The van der Waals surface area contributed by atoms with Crippen molar-refractivity contribution >= 4 is 134 Å². The second-order valence-electron chi connectivity index (χ2n) is 12.0. The number of alkyl halides is 1. The van der Waals surface area contributed by atoms with Crippen molar-refractivity contribution in [3.05, 3.63) is 138 Å². The minimum atomic E-state index is -0.711. The number of aromatic amines is 1. The molecule has 0 saturated heterocycles. The van der Waals surface area contributed by atoms with Crippen molar-refractivity contribution in [2.75, 3.05) is 0 Å². The van der Waals surface area contributed by atoms with Crippen LogP contribution in [0.3, 0.4) is 0 Å². The van der Waals surface area contributed by atoms with E-state index in [1.165, 1.54) is 36.5 Å². The minimum absolute atomic E-state index is 0. The van der Waals surface area contributed by atoms with Gasteiger partial charge in [-0.2, -0.15) is 9.90 Å². The van der Waals surface area contributed by atoms with Gasteiger partial charge in [0.2, 0.25) is 5.43 Å². The molecule has 8 rings (SSSR count). The van der Waals surface area contributed by atoms with E-state index in [2.05, 4.69) is 35.9 Å². The molecule has 56 heavy (non-hydrogen) atoms. The number of imide groups is 2. The van der Waals surface area contributed by atoms with E-state index in [-0.39, 0.29) is 107 Å². The number of aromatic nitrogens is 4. The van der Waals surface area contributed by atoms with E-state index < -0.39 is 40.7 Å². The third-order valence-electron chi connectivity index (χ3n) is 8.75. The molecule has 284 valence electrons. The number of carbonyl (C=O) groups excluding carboxylic acids is 4. The number of nitrogens with one attached hydrogen (secondary N) is 1. The molecule has 0 bridgehead atoms. The molecule has 6 heterocycles. The van der Waals surface area contributed by atoms with Crippen LogP contribution in [0.25, 0.3) is 22.1 Å². The number of fused-ring (bicyclic) bond motifs is 4. The largest absolute Gasteiger partial charge is 0.813 e. The molecule has 6 aromatic rings. The summed E-state index contributed by atoms with van der Waals surface area (Å²) in [6, 6.07) is 11.5. The van der Waals surface area contributed by atoms with Crippen molar-refractivity contribution in [3.8, 4) is 5.75 Å². The Morgan fingerprint density at radius 3 is 1.91 bits per heavy atom. The Morgan fingerprint density at radius 2 is 1.34 bits per heavy atom. The fourth-order valence-corrected chi connectivity index (χ4v) is 7.82. The number of pyridine rings is 4. The van der Waals surface area contributed by atoms with Gasteiger partial charge in [-0.05, 0) is 36.2 Å². The first-order chi connectivity index (χ1) is 25.8. The summed E-state index contributed by atoms with van der Waals surface area (Å²) in [6.07, 6.45) is 3.08. The van der Waals surface area contributed by atoms with Gasteiger partial charge in [0, 0.05) is 6.20 Å². The van der Waals surface area contributed by atoms with Crippen LogP contribution in [0.15, 0.2) is 65.7 Å². The van der Waals surface area contributed by atoms with E-state index in [0.29, 0.717) is 33.0 Å². The Labute approximate surface area is 360 Å². The van der Waals surface area contributed by atoms with Crippen molar-refractivity contribution in [1.82, 2.24) is 29.7 Å². The van der Waals surface area contributed by atoms with E-state index >= 15 is 0 Å². The average Bonchev–Trinajstić information content (AvgIpc) is 3.54.